The second-order valence-electron chi connectivity index (χ2n) is 6.65. The third-order valence-electron chi connectivity index (χ3n) is 4.62. The minimum Gasteiger partial charge on any atom is -0.493 e. The van der Waals surface area contributed by atoms with Crippen LogP contribution in [0.25, 0.3) is 17.0 Å². The molecule has 2 aromatic carbocycles. The molecule has 0 aliphatic carbocycles. The van der Waals surface area contributed by atoms with Crippen molar-refractivity contribution in [1.82, 2.24) is 25.1 Å². The van der Waals surface area contributed by atoms with Crippen LogP contribution in [-0.2, 0) is 0 Å². The van der Waals surface area contributed by atoms with Gasteiger partial charge in [0, 0.05) is 21.7 Å². The van der Waals surface area contributed by atoms with Gasteiger partial charge in [0.2, 0.25) is 5.88 Å². The number of carbonyl (C=O) groups excluding carboxylic acids is 1. The lowest BCUT2D eigenvalue weighted by Gasteiger charge is -2.09. The molecular formula is C22H20BrN5O4. The summed E-state index contributed by atoms with van der Waals surface area (Å²) in [6.45, 7) is 0.591. The average molecular weight is 498 g/mol. The van der Waals surface area contributed by atoms with Gasteiger partial charge in [0.15, 0.2) is 23.0 Å². The van der Waals surface area contributed by atoms with Crippen LogP contribution in [0.15, 0.2) is 59.1 Å². The maximum Gasteiger partial charge on any atom is 0.251 e. The van der Waals surface area contributed by atoms with E-state index in [1.807, 2.05) is 24.3 Å². The van der Waals surface area contributed by atoms with Crippen molar-refractivity contribution in [2.24, 2.45) is 0 Å². The first kappa shape index (κ1) is 21.6. The fourth-order valence-corrected chi connectivity index (χ4v) is 3.29. The van der Waals surface area contributed by atoms with E-state index in [-0.39, 0.29) is 12.5 Å². The topological polar surface area (TPSA) is 99.9 Å². The van der Waals surface area contributed by atoms with Gasteiger partial charge in [-0.15, -0.1) is 15.3 Å². The van der Waals surface area contributed by atoms with Crippen LogP contribution in [0.2, 0.25) is 0 Å². The molecule has 10 heteroatoms. The largest absolute Gasteiger partial charge is 0.493 e. The van der Waals surface area contributed by atoms with Crippen molar-refractivity contribution in [2.45, 2.75) is 0 Å². The molecule has 0 fully saturated rings. The molecule has 9 nitrogen and oxygen atoms in total. The highest BCUT2D eigenvalue weighted by Crippen LogP contribution is 2.31. The fraction of sp³-hybridized carbons (Fsp3) is 0.182. The Kier molecular flexibility index (Phi) is 6.50. The van der Waals surface area contributed by atoms with Crippen LogP contribution >= 0.6 is 15.9 Å². The number of benzene rings is 2. The zero-order valence-corrected chi connectivity index (χ0v) is 19.0. The van der Waals surface area contributed by atoms with Gasteiger partial charge in [-0.05, 0) is 48.5 Å². The van der Waals surface area contributed by atoms with Gasteiger partial charge in [0.05, 0.1) is 20.8 Å². The first-order valence-corrected chi connectivity index (χ1v) is 10.5. The van der Waals surface area contributed by atoms with Crippen molar-refractivity contribution in [3.63, 3.8) is 0 Å². The molecule has 0 atom stereocenters. The molecule has 32 heavy (non-hydrogen) atoms. The molecule has 0 radical (unpaired) electrons. The van der Waals surface area contributed by atoms with E-state index in [4.69, 9.17) is 14.2 Å². The summed E-state index contributed by atoms with van der Waals surface area (Å²) >= 11 is 3.35. The van der Waals surface area contributed by atoms with E-state index < -0.39 is 0 Å². The number of halogens is 1. The summed E-state index contributed by atoms with van der Waals surface area (Å²) < 4.78 is 18.9. The number of nitrogens with one attached hydrogen (secondary N) is 1. The van der Waals surface area contributed by atoms with Crippen molar-refractivity contribution >= 4 is 27.5 Å². The third-order valence-corrected chi connectivity index (χ3v) is 5.15. The Bertz CT molecular complexity index is 1240. The lowest BCUT2D eigenvalue weighted by atomic mass is 10.2. The Hall–Kier alpha value is -3.66. The predicted molar refractivity (Wildman–Crippen MR) is 121 cm³/mol. The highest BCUT2D eigenvalue weighted by atomic mass is 79.9. The van der Waals surface area contributed by atoms with Gasteiger partial charge in [-0.1, -0.05) is 15.9 Å². The van der Waals surface area contributed by atoms with Gasteiger partial charge >= 0.3 is 0 Å². The number of rotatable bonds is 8. The summed E-state index contributed by atoms with van der Waals surface area (Å²) in [5.41, 5.74) is 1.92. The molecule has 4 rings (SSSR count). The van der Waals surface area contributed by atoms with E-state index >= 15 is 0 Å². The Balaban J connectivity index is 1.43. The summed E-state index contributed by atoms with van der Waals surface area (Å²) in [5, 5.41) is 15.7. The molecule has 2 heterocycles. The normalized spacial score (nSPS) is 10.7. The summed E-state index contributed by atoms with van der Waals surface area (Å²) in [4.78, 5) is 12.2. The molecule has 1 N–H and O–H groups in total. The summed E-state index contributed by atoms with van der Waals surface area (Å²) in [6.07, 6.45) is 0. The number of fused-ring (bicyclic) bond motifs is 1. The van der Waals surface area contributed by atoms with Crippen LogP contribution in [0.5, 0.6) is 17.4 Å². The second-order valence-corrected chi connectivity index (χ2v) is 7.56. The minimum atomic E-state index is -0.168. The van der Waals surface area contributed by atoms with E-state index in [0.717, 1.165) is 10.0 Å². The number of hydrogen-bond donors (Lipinski definition) is 1. The SMILES string of the molecule is COc1ccc(-c2nnc3ccc(OCCNC(=O)c4ccc(Br)cc4)nn23)cc1OC. The number of ether oxygens (including phenoxy) is 3. The zero-order chi connectivity index (χ0) is 22.5. The number of amides is 1. The van der Waals surface area contributed by atoms with Crippen LogP contribution in [0.1, 0.15) is 10.4 Å². The summed E-state index contributed by atoms with van der Waals surface area (Å²) in [7, 11) is 3.15. The Morgan fingerprint density at radius 1 is 1.00 bits per heavy atom. The zero-order valence-electron chi connectivity index (χ0n) is 17.4. The van der Waals surface area contributed by atoms with Gasteiger partial charge < -0.3 is 19.5 Å². The maximum absolute atomic E-state index is 12.2. The smallest absolute Gasteiger partial charge is 0.251 e. The first-order chi connectivity index (χ1) is 15.6. The Morgan fingerprint density at radius 2 is 1.78 bits per heavy atom. The van der Waals surface area contributed by atoms with Crippen LogP contribution < -0.4 is 19.5 Å². The maximum atomic E-state index is 12.2. The van der Waals surface area contributed by atoms with Crippen molar-refractivity contribution in [2.75, 3.05) is 27.4 Å². The molecule has 0 saturated heterocycles. The average Bonchev–Trinajstić information content (AvgIpc) is 3.25. The second kappa shape index (κ2) is 9.65. The molecule has 4 aromatic rings. The quantitative estimate of drug-likeness (QED) is 0.372. The van der Waals surface area contributed by atoms with E-state index in [1.165, 1.54) is 0 Å². The number of aromatic nitrogens is 4. The Labute approximate surface area is 192 Å². The molecular weight excluding hydrogens is 478 g/mol. The molecule has 2 aromatic heterocycles. The van der Waals surface area contributed by atoms with E-state index in [2.05, 4.69) is 36.5 Å². The standard InChI is InChI=1S/C22H20BrN5O4/c1-30-17-8-5-15(13-18(17)31-2)21-26-25-19-9-10-20(27-28(19)21)32-12-11-24-22(29)14-3-6-16(23)7-4-14/h3-10,13H,11-12H2,1-2H3,(H,24,29). The molecule has 0 aliphatic rings. The van der Waals surface area contributed by atoms with Crippen molar-refractivity contribution in [3.05, 3.63) is 64.6 Å². The number of hydrogen-bond acceptors (Lipinski definition) is 7. The van der Waals surface area contributed by atoms with Gasteiger partial charge in [0.1, 0.15) is 6.61 Å². The minimum absolute atomic E-state index is 0.168. The van der Waals surface area contributed by atoms with Gasteiger partial charge in [-0.3, -0.25) is 4.79 Å². The number of carbonyl (C=O) groups is 1. The lowest BCUT2D eigenvalue weighted by molar-refractivity contribution is 0.0946. The van der Waals surface area contributed by atoms with Crippen molar-refractivity contribution in [3.8, 4) is 28.8 Å². The first-order valence-electron chi connectivity index (χ1n) is 9.70. The monoisotopic (exact) mass is 497 g/mol. The summed E-state index contributed by atoms with van der Waals surface area (Å²) in [6, 6.07) is 16.1. The van der Waals surface area contributed by atoms with E-state index in [1.54, 1.807) is 49.1 Å². The van der Waals surface area contributed by atoms with Crippen LogP contribution in [0, 0.1) is 0 Å². The summed E-state index contributed by atoms with van der Waals surface area (Å²) in [5.74, 6) is 1.95. The number of nitrogens with zero attached hydrogens (tertiary/aromatic N) is 4. The Morgan fingerprint density at radius 3 is 2.53 bits per heavy atom. The molecule has 0 saturated carbocycles. The van der Waals surface area contributed by atoms with Crippen LogP contribution in [0.4, 0.5) is 0 Å². The predicted octanol–water partition coefficient (Wildman–Crippen LogP) is 3.38. The molecule has 0 bridgehead atoms. The van der Waals surface area contributed by atoms with Gasteiger partial charge in [-0.25, -0.2) is 0 Å². The molecule has 0 spiro atoms. The molecule has 1 amide bonds. The molecule has 164 valence electrons. The van der Waals surface area contributed by atoms with Gasteiger partial charge in [0.25, 0.3) is 5.91 Å². The fourth-order valence-electron chi connectivity index (χ4n) is 3.03. The van der Waals surface area contributed by atoms with Crippen molar-refractivity contribution < 1.29 is 19.0 Å². The highest BCUT2D eigenvalue weighted by molar-refractivity contribution is 9.10. The van der Waals surface area contributed by atoms with E-state index in [0.29, 0.717) is 41.0 Å². The van der Waals surface area contributed by atoms with Crippen LogP contribution in [0.3, 0.4) is 0 Å². The highest BCUT2D eigenvalue weighted by Gasteiger charge is 2.14. The third kappa shape index (κ3) is 4.65. The van der Waals surface area contributed by atoms with E-state index in [9.17, 15) is 4.79 Å². The lowest BCUT2D eigenvalue weighted by Crippen LogP contribution is -2.28. The number of methoxy groups -OCH3 is 2. The molecule has 0 aliphatic heterocycles. The van der Waals surface area contributed by atoms with Crippen LogP contribution in [-0.4, -0.2) is 53.1 Å². The molecule has 0 unspecified atom stereocenters. The van der Waals surface area contributed by atoms with Gasteiger partial charge in [-0.2, -0.15) is 4.52 Å². The van der Waals surface area contributed by atoms with Crippen molar-refractivity contribution in [1.29, 1.82) is 0 Å².